The second kappa shape index (κ2) is 2.88. The van der Waals surface area contributed by atoms with Crippen LogP contribution in [0.5, 0.6) is 0 Å². The van der Waals surface area contributed by atoms with Crippen LogP contribution in [0, 0.1) is 28.9 Å². The Morgan fingerprint density at radius 3 is 2.91 bits per heavy atom. The lowest BCUT2D eigenvalue weighted by Crippen LogP contribution is -1.82. The van der Waals surface area contributed by atoms with E-state index in [0.717, 1.165) is 0 Å². The molecule has 0 bridgehead atoms. The molecular weight excluding hydrogens is 146 g/mol. The van der Waals surface area contributed by atoms with Gasteiger partial charge in [0.25, 0.3) is 0 Å². The zero-order chi connectivity index (χ0) is 8.27. The van der Waals surface area contributed by atoms with E-state index in [1.165, 1.54) is 18.6 Å². The molecule has 1 aromatic heterocycles. The van der Waals surface area contributed by atoms with Crippen LogP contribution in [0.2, 0.25) is 0 Å². The molecule has 4 heteroatoms. The molecule has 0 saturated carbocycles. The van der Waals surface area contributed by atoms with Crippen LogP contribution < -0.4 is 0 Å². The minimum absolute atomic E-state index is 0.300. The third kappa shape index (κ3) is 1.58. The molecule has 0 spiro atoms. The van der Waals surface area contributed by atoms with Gasteiger partial charge in [-0.3, -0.25) is 10.1 Å². The van der Waals surface area contributed by atoms with E-state index in [1.54, 1.807) is 0 Å². The first-order valence-electron chi connectivity index (χ1n) is 2.77. The molecule has 1 heterocycles. The Balaban J connectivity index is 2.83. The average molecular weight is 150 g/mol. The summed E-state index contributed by atoms with van der Waals surface area (Å²) in [5.41, 5.74) is 0. The van der Waals surface area contributed by atoms with Crippen molar-refractivity contribution in [2.24, 2.45) is 0 Å². The van der Waals surface area contributed by atoms with Crippen LogP contribution in [0.1, 0.15) is 5.76 Å². The highest BCUT2D eigenvalue weighted by atomic mass is 16.6. The second-order valence-corrected chi connectivity index (χ2v) is 1.74. The van der Waals surface area contributed by atoms with E-state index >= 15 is 0 Å². The van der Waals surface area contributed by atoms with Gasteiger partial charge in [0.1, 0.15) is 10.7 Å². The molecule has 0 aromatic carbocycles. The maximum atomic E-state index is 10.1. The summed E-state index contributed by atoms with van der Waals surface area (Å²) in [6, 6.07) is 2.70. The summed E-state index contributed by atoms with van der Waals surface area (Å²) in [6.45, 7) is 0. The number of terminal acetylenes is 1. The first-order valence-corrected chi connectivity index (χ1v) is 2.77. The Hall–Kier alpha value is -1.76. The fourth-order valence-electron chi connectivity index (χ4n) is 0.600. The summed E-state index contributed by atoms with van der Waals surface area (Å²) in [7, 11) is 0. The Morgan fingerprint density at radius 1 is 1.73 bits per heavy atom. The van der Waals surface area contributed by atoms with Crippen LogP contribution in [0.15, 0.2) is 16.5 Å². The zero-order valence-electron chi connectivity index (χ0n) is 5.48. The van der Waals surface area contributed by atoms with Gasteiger partial charge in [-0.1, -0.05) is 5.92 Å². The first-order chi connectivity index (χ1) is 5.24. The highest BCUT2D eigenvalue weighted by molar-refractivity contribution is 5.27. The molecule has 4 nitrogen and oxygen atoms in total. The van der Waals surface area contributed by atoms with Gasteiger partial charge in [-0.25, -0.2) is 0 Å². The Morgan fingerprint density at radius 2 is 2.45 bits per heavy atom. The number of nitrogens with zero attached hydrogens (tertiary/aromatic N) is 1. The molecule has 0 saturated heterocycles. The molecule has 0 aliphatic carbocycles. The third-order valence-electron chi connectivity index (χ3n) is 1.02. The van der Waals surface area contributed by atoms with Gasteiger partial charge in [0, 0.05) is 0 Å². The van der Waals surface area contributed by atoms with Crippen LogP contribution in [-0.2, 0) is 0 Å². The van der Waals surface area contributed by atoms with Crippen LogP contribution in [0.4, 0.5) is 5.88 Å². The fraction of sp³-hybridized carbons (Fsp3) is 0. The van der Waals surface area contributed by atoms with E-state index in [9.17, 15) is 10.1 Å². The lowest BCUT2D eigenvalue weighted by Gasteiger charge is -1.82. The standard InChI is InChI=1S/C7H4NO3/c1-2-3-6-4-5-7(11-6)8(9)10/h1,3-5H. The number of rotatable bonds is 2. The van der Waals surface area contributed by atoms with Gasteiger partial charge in [-0.05, 0) is 6.07 Å². The van der Waals surface area contributed by atoms with Crippen molar-refractivity contribution in [2.75, 3.05) is 0 Å². The lowest BCUT2D eigenvalue weighted by atomic mass is 10.3. The van der Waals surface area contributed by atoms with Gasteiger partial charge in [-0.15, -0.1) is 6.42 Å². The third-order valence-corrected chi connectivity index (χ3v) is 1.02. The van der Waals surface area contributed by atoms with Gasteiger partial charge in [0.2, 0.25) is 0 Å². The molecule has 55 valence electrons. The highest BCUT2D eigenvalue weighted by Gasteiger charge is 2.10. The fourth-order valence-corrected chi connectivity index (χ4v) is 0.600. The van der Waals surface area contributed by atoms with Gasteiger partial charge in [0.05, 0.1) is 12.5 Å². The molecule has 0 atom stereocenters. The van der Waals surface area contributed by atoms with E-state index in [1.807, 2.05) is 0 Å². The summed E-state index contributed by atoms with van der Waals surface area (Å²) < 4.78 is 4.69. The van der Waals surface area contributed by atoms with Crippen molar-refractivity contribution < 1.29 is 9.34 Å². The number of hydrogen-bond acceptors (Lipinski definition) is 3. The maximum Gasteiger partial charge on any atom is 0.433 e. The van der Waals surface area contributed by atoms with Gasteiger partial charge >= 0.3 is 5.88 Å². The maximum absolute atomic E-state index is 10.1. The van der Waals surface area contributed by atoms with Crippen LogP contribution in [0.25, 0.3) is 0 Å². The average Bonchev–Trinajstić information content (AvgIpc) is 2.37. The lowest BCUT2D eigenvalue weighted by molar-refractivity contribution is -0.402. The molecule has 1 radical (unpaired) electrons. The monoisotopic (exact) mass is 150 g/mol. The van der Waals surface area contributed by atoms with Crippen molar-refractivity contribution in [1.82, 2.24) is 0 Å². The topological polar surface area (TPSA) is 56.3 Å². The van der Waals surface area contributed by atoms with Gasteiger partial charge in [-0.2, -0.15) is 0 Å². The van der Waals surface area contributed by atoms with Crippen molar-refractivity contribution >= 4 is 5.88 Å². The van der Waals surface area contributed by atoms with Crippen LogP contribution in [-0.4, -0.2) is 4.92 Å². The Labute approximate surface area is 63.0 Å². The number of nitro groups is 1. The van der Waals surface area contributed by atoms with Crippen molar-refractivity contribution in [3.8, 4) is 12.3 Å². The highest BCUT2D eigenvalue weighted by Crippen LogP contribution is 2.16. The van der Waals surface area contributed by atoms with E-state index < -0.39 is 4.92 Å². The zero-order valence-corrected chi connectivity index (χ0v) is 5.48. The summed E-state index contributed by atoms with van der Waals surface area (Å²) in [6.07, 6.45) is 6.22. The smallest absolute Gasteiger partial charge is 0.404 e. The van der Waals surface area contributed by atoms with Crippen molar-refractivity contribution in [3.05, 3.63) is 34.4 Å². The molecule has 0 unspecified atom stereocenters. The van der Waals surface area contributed by atoms with E-state index in [2.05, 4.69) is 10.3 Å². The van der Waals surface area contributed by atoms with Crippen molar-refractivity contribution in [2.45, 2.75) is 0 Å². The molecule has 0 N–H and O–H groups in total. The molecule has 1 aromatic rings. The number of hydrogen-bond donors (Lipinski definition) is 0. The van der Waals surface area contributed by atoms with Crippen LogP contribution in [0.3, 0.4) is 0 Å². The summed E-state index contributed by atoms with van der Waals surface area (Å²) in [5, 5.41) is 10.1. The molecule has 0 aliphatic rings. The normalized spacial score (nSPS) is 9.00. The summed E-state index contributed by atoms with van der Waals surface area (Å²) >= 11 is 0. The minimum Gasteiger partial charge on any atom is -0.404 e. The molecule has 0 amide bonds. The van der Waals surface area contributed by atoms with Crippen molar-refractivity contribution in [3.63, 3.8) is 0 Å². The SMILES string of the molecule is C#C[CH]c1ccc([N+](=O)[O-])o1. The van der Waals surface area contributed by atoms with E-state index in [-0.39, 0.29) is 5.88 Å². The molecular formula is C7H4NO3. The predicted molar refractivity (Wildman–Crippen MR) is 37.6 cm³/mol. The molecule has 0 fully saturated rings. The van der Waals surface area contributed by atoms with E-state index in [4.69, 9.17) is 6.42 Å². The largest absolute Gasteiger partial charge is 0.433 e. The first kappa shape index (κ1) is 7.35. The van der Waals surface area contributed by atoms with Gasteiger partial charge in [0.15, 0.2) is 0 Å². The Bertz CT molecular complexity index is 308. The quantitative estimate of drug-likeness (QED) is 0.363. The second-order valence-electron chi connectivity index (χ2n) is 1.74. The minimum atomic E-state index is -0.617. The van der Waals surface area contributed by atoms with Crippen molar-refractivity contribution in [1.29, 1.82) is 0 Å². The summed E-state index contributed by atoms with van der Waals surface area (Å²) in [5.74, 6) is 2.21. The van der Waals surface area contributed by atoms with E-state index in [0.29, 0.717) is 5.76 Å². The van der Waals surface area contributed by atoms with Gasteiger partial charge < -0.3 is 4.42 Å². The predicted octanol–water partition coefficient (Wildman–Crippen LogP) is 1.37. The number of furan rings is 1. The Kier molecular flexibility index (Phi) is 1.93. The summed E-state index contributed by atoms with van der Waals surface area (Å²) in [4.78, 5) is 9.45. The molecule has 11 heavy (non-hydrogen) atoms. The van der Waals surface area contributed by atoms with Crippen LogP contribution >= 0.6 is 0 Å². The molecule has 1 rings (SSSR count). The molecule has 0 aliphatic heterocycles.